The minimum absolute atomic E-state index is 0.177. The fourth-order valence-electron chi connectivity index (χ4n) is 2.23. The summed E-state index contributed by atoms with van der Waals surface area (Å²) in [5.41, 5.74) is 1.59. The molecule has 2 aromatic rings. The normalized spacial score (nSPS) is 21.4. The van der Waals surface area contributed by atoms with Crippen molar-refractivity contribution in [1.82, 2.24) is 0 Å². The number of aromatic hydroxyl groups is 1. The lowest BCUT2D eigenvalue weighted by atomic mass is 10.2. The van der Waals surface area contributed by atoms with E-state index in [1.807, 2.05) is 41.3 Å². The Kier molecular flexibility index (Phi) is 3.74. The highest BCUT2D eigenvalue weighted by molar-refractivity contribution is 9.10. The van der Waals surface area contributed by atoms with Gasteiger partial charge in [0.15, 0.2) is 0 Å². The Hall–Kier alpha value is -1.43. The van der Waals surface area contributed by atoms with E-state index in [1.165, 1.54) is 0 Å². The van der Waals surface area contributed by atoms with E-state index in [0.717, 1.165) is 10.0 Å². The van der Waals surface area contributed by atoms with Crippen molar-refractivity contribution in [2.45, 2.75) is 5.37 Å². The second kappa shape index (κ2) is 5.52. The van der Waals surface area contributed by atoms with E-state index in [2.05, 4.69) is 15.9 Å². The van der Waals surface area contributed by atoms with E-state index in [-0.39, 0.29) is 11.1 Å². The lowest BCUT2D eigenvalue weighted by molar-refractivity contribution is 0.475. The SMILES string of the molecule is [O-][S+]1C=CN(c2ccccc2O)C1c1cccc(Br)c1. The molecule has 0 fully saturated rings. The van der Waals surface area contributed by atoms with Gasteiger partial charge in [-0.3, -0.25) is 4.90 Å². The van der Waals surface area contributed by atoms with E-state index < -0.39 is 11.2 Å². The molecule has 3 rings (SSSR count). The Bertz CT molecular complexity index is 662. The van der Waals surface area contributed by atoms with Crippen molar-refractivity contribution in [3.8, 4) is 5.75 Å². The Balaban J connectivity index is 2.03. The van der Waals surface area contributed by atoms with Crippen LogP contribution < -0.4 is 4.90 Å². The van der Waals surface area contributed by atoms with E-state index in [0.29, 0.717) is 5.69 Å². The van der Waals surface area contributed by atoms with Crippen molar-refractivity contribution in [2.75, 3.05) is 4.90 Å². The van der Waals surface area contributed by atoms with Gasteiger partial charge in [-0.2, -0.15) is 0 Å². The van der Waals surface area contributed by atoms with E-state index in [4.69, 9.17) is 0 Å². The van der Waals surface area contributed by atoms with Crippen LogP contribution in [0, 0.1) is 0 Å². The molecule has 20 heavy (non-hydrogen) atoms. The number of benzene rings is 2. The maximum Gasteiger partial charge on any atom is 0.223 e. The Morgan fingerprint density at radius 3 is 2.70 bits per heavy atom. The molecule has 2 atom stereocenters. The molecule has 0 saturated heterocycles. The molecule has 0 aliphatic carbocycles. The molecule has 0 saturated carbocycles. The van der Waals surface area contributed by atoms with Crippen LogP contribution in [0.1, 0.15) is 10.9 Å². The Morgan fingerprint density at radius 2 is 1.95 bits per heavy atom. The first kappa shape index (κ1) is 13.5. The maximum atomic E-state index is 12.3. The summed E-state index contributed by atoms with van der Waals surface area (Å²) in [5, 5.41) is 11.3. The van der Waals surface area contributed by atoms with Crippen LogP contribution in [-0.4, -0.2) is 9.66 Å². The van der Waals surface area contributed by atoms with Crippen LogP contribution in [0.5, 0.6) is 5.75 Å². The molecule has 1 heterocycles. The minimum atomic E-state index is -1.15. The van der Waals surface area contributed by atoms with Crippen molar-refractivity contribution >= 4 is 32.8 Å². The second-order valence-corrected chi connectivity index (χ2v) is 6.71. The van der Waals surface area contributed by atoms with Crippen LogP contribution in [0.2, 0.25) is 0 Å². The Morgan fingerprint density at radius 1 is 1.15 bits per heavy atom. The summed E-state index contributed by atoms with van der Waals surface area (Å²) < 4.78 is 13.2. The fraction of sp³-hybridized carbons (Fsp3) is 0.0667. The quantitative estimate of drug-likeness (QED) is 0.836. The van der Waals surface area contributed by atoms with Gasteiger partial charge in [0.25, 0.3) is 0 Å². The van der Waals surface area contributed by atoms with Crippen molar-refractivity contribution in [3.63, 3.8) is 0 Å². The van der Waals surface area contributed by atoms with Crippen molar-refractivity contribution in [1.29, 1.82) is 0 Å². The first-order valence-corrected chi connectivity index (χ1v) is 8.13. The van der Waals surface area contributed by atoms with Crippen LogP contribution in [0.4, 0.5) is 5.69 Å². The number of para-hydroxylation sites is 2. The minimum Gasteiger partial charge on any atom is -0.610 e. The summed E-state index contributed by atoms with van der Waals surface area (Å²) in [6.07, 6.45) is 1.76. The highest BCUT2D eigenvalue weighted by atomic mass is 79.9. The second-order valence-electron chi connectivity index (χ2n) is 4.42. The number of anilines is 1. The molecular weight excluding hydrogens is 338 g/mol. The molecule has 0 aromatic heterocycles. The van der Waals surface area contributed by atoms with Gasteiger partial charge in [0, 0.05) is 21.2 Å². The highest BCUT2D eigenvalue weighted by Gasteiger charge is 2.35. The number of hydrogen-bond donors (Lipinski definition) is 1. The molecule has 0 radical (unpaired) electrons. The maximum absolute atomic E-state index is 12.3. The van der Waals surface area contributed by atoms with E-state index >= 15 is 0 Å². The molecule has 0 bridgehead atoms. The van der Waals surface area contributed by atoms with Gasteiger partial charge >= 0.3 is 0 Å². The van der Waals surface area contributed by atoms with Gasteiger partial charge in [-0.1, -0.05) is 40.2 Å². The lowest BCUT2D eigenvalue weighted by Gasteiger charge is -2.25. The number of phenols is 1. The number of halogens is 1. The average molecular weight is 350 g/mol. The number of hydrogen-bond acceptors (Lipinski definition) is 3. The average Bonchev–Trinajstić information content (AvgIpc) is 2.81. The standard InChI is InChI=1S/C15H12BrNO2S/c16-12-5-3-4-11(10-12)15-17(8-9-20(15)19)13-6-1-2-7-14(13)18/h1-10,15,18H. The molecule has 2 aromatic carbocycles. The molecule has 5 heteroatoms. The zero-order valence-corrected chi connectivity index (χ0v) is 12.8. The van der Waals surface area contributed by atoms with E-state index in [9.17, 15) is 9.66 Å². The predicted molar refractivity (Wildman–Crippen MR) is 84.8 cm³/mol. The third-order valence-electron chi connectivity index (χ3n) is 3.12. The smallest absolute Gasteiger partial charge is 0.223 e. The number of rotatable bonds is 2. The highest BCUT2D eigenvalue weighted by Crippen LogP contribution is 2.41. The molecule has 0 spiro atoms. The summed E-state index contributed by atoms with van der Waals surface area (Å²) >= 11 is 2.29. The zero-order valence-electron chi connectivity index (χ0n) is 10.4. The van der Waals surface area contributed by atoms with Gasteiger partial charge in [-0.05, 0) is 24.3 Å². The molecule has 1 aliphatic heterocycles. The fourth-order valence-corrected chi connectivity index (χ4v) is 3.87. The first-order chi connectivity index (χ1) is 9.66. The number of phenolic OH excluding ortho intramolecular Hbond substituents is 1. The van der Waals surface area contributed by atoms with E-state index in [1.54, 1.807) is 23.7 Å². The largest absolute Gasteiger partial charge is 0.610 e. The molecule has 102 valence electrons. The van der Waals surface area contributed by atoms with Gasteiger partial charge in [0.2, 0.25) is 5.37 Å². The Labute approximate surface area is 128 Å². The van der Waals surface area contributed by atoms with Crippen molar-refractivity contribution in [2.24, 2.45) is 0 Å². The third kappa shape index (κ3) is 2.44. The van der Waals surface area contributed by atoms with Crippen molar-refractivity contribution in [3.05, 3.63) is 70.2 Å². The summed E-state index contributed by atoms with van der Waals surface area (Å²) in [6.45, 7) is 0. The molecule has 1 aliphatic rings. The third-order valence-corrected chi connectivity index (χ3v) is 4.94. The van der Waals surface area contributed by atoms with Crippen LogP contribution in [-0.2, 0) is 11.2 Å². The van der Waals surface area contributed by atoms with Crippen LogP contribution in [0.25, 0.3) is 0 Å². The lowest BCUT2D eigenvalue weighted by Crippen LogP contribution is -2.23. The van der Waals surface area contributed by atoms with Gasteiger partial charge in [-0.15, -0.1) is 0 Å². The topological polar surface area (TPSA) is 46.5 Å². The van der Waals surface area contributed by atoms with Gasteiger partial charge in [0.05, 0.1) is 11.9 Å². The van der Waals surface area contributed by atoms with Crippen LogP contribution in [0.15, 0.2) is 64.6 Å². The predicted octanol–water partition coefficient (Wildman–Crippen LogP) is 3.89. The molecule has 0 amide bonds. The first-order valence-electron chi connectivity index (χ1n) is 6.06. The number of nitrogens with zero attached hydrogens (tertiary/aromatic N) is 1. The van der Waals surface area contributed by atoms with Crippen LogP contribution >= 0.6 is 15.9 Å². The molecule has 1 N–H and O–H groups in total. The van der Waals surface area contributed by atoms with Gasteiger partial charge in [0.1, 0.15) is 11.2 Å². The van der Waals surface area contributed by atoms with Crippen molar-refractivity contribution < 1.29 is 9.66 Å². The summed E-state index contributed by atoms with van der Waals surface area (Å²) in [6, 6.07) is 14.8. The molecular formula is C15H12BrNO2S. The molecule has 3 nitrogen and oxygen atoms in total. The summed E-state index contributed by atoms with van der Waals surface area (Å²) in [5.74, 6) is 0.177. The molecule has 2 unspecified atom stereocenters. The van der Waals surface area contributed by atoms with Crippen LogP contribution in [0.3, 0.4) is 0 Å². The van der Waals surface area contributed by atoms with Gasteiger partial charge in [-0.25, -0.2) is 0 Å². The summed E-state index contributed by atoms with van der Waals surface area (Å²) in [4.78, 5) is 1.84. The monoisotopic (exact) mass is 349 g/mol. The van der Waals surface area contributed by atoms with Gasteiger partial charge < -0.3 is 9.66 Å². The summed E-state index contributed by atoms with van der Waals surface area (Å²) in [7, 11) is 0. The zero-order chi connectivity index (χ0) is 14.1.